The van der Waals surface area contributed by atoms with E-state index in [1.54, 1.807) is 13.0 Å². The first-order chi connectivity index (χ1) is 20.3. The molecule has 1 aliphatic heterocycles. The number of rotatable bonds is 5. The average Bonchev–Trinajstić information content (AvgIpc) is 3.11. The predicted octanol–water partition coefficient (Wildman–Crippen LogP) is 8.51. The third-order valence-corrected chi connectivity index (χ3v) is 9.92. The summed E-state index contributed by atoms with van der Waals surface area (Å²) in [4.78, 5) is 0. The number of hydrogen-bond acceptors (Lipinski definition) is 5. The molecule has 1 aliphatic rings. The first-order valence-corrected chi connectivity index (χ1v) is 23.3. The predicted molar refractivity (Wildman–Crippen MR) is 190 cm³/mol. The summed E-state index contributed by atoms with van der Waals surface area (Å²) < 4.78 is 76.2. The summed E-state index contributed by atoms with van der Waals surface area (Å²) >= 11 is 0. The molecule has 254 valence electrons. The van der Waals surface area contributed by atoms with Crippen molar-refractivity contribution in [2.45, 2.75) is 117 Å². The highest BCUT2D eigenvalue weighted by atomic mass is 32.2. The van der Waals surface area contributed by atoms with Gasteiger partial charge in [0.05, 0.1) is 11.2 Å². The SMILES string of the molecule is C.CC(C#C[Si](C)(C)C)c1ccccc1B1OC(C)(C)C(C)(C)O1.CC(C#C[Si](C)(C)C)c1ccccc1OS(=O)(=O)C(F)(F)F. The normalized spacial score (nSPS) is 17.1. The van der Waals surface area contributed by atoms with Gasteiger partial charge in [0.1, 0.15) is 21.9 Å². The maximum atomic E-state index is 12.4. The van der Waals surface area contributed by atoms with Gasteiger partial charge in [-0.3, -0.25) is 0 Å². The number of alkyl halides is 3. The minimum atomic E-state index is -5.69. The molecule has 0 saturated carbocycles. The standard InChI is InChI=1S/C19H29BO2Si.C14H17F3O3SSi.CH4/c1-15(13-14-23(6,7)8)16-11-9-10-12-17(16)20-21-18(2,3)19(4,5)22-20;1-11(9-10-22(2,3)4)12-7-5-6-8-13(12)20-21(18,19)14(15,16)17;/h9-12,15H,1-8H3;5-8,11H,1-4H3;1H4. The lowest BCUT2D eigenvalue weighted by Crippen LogP contribution is -2.41. The molecule has 2 unspecified atom stereocenters. The van der Waals surface area contributed by atoms with Crippen LogP contribution in [0.5, 0.6) is 5.75 Å². The highest BCUT2D eigenvalue weighted by molar-refractivity contribution is 7.88. The lowest BCUT2D eigenvalue weighted by Gasteiger charge is -2.32. The molecule has 0 aromatic heterocycles. The molecule has 12 heteroatoms. The van der Waals surface area contributed by atoms with Gasteiger partial charge in [-0.25, -0.2) is 0 Å². The minimum absolute atomic E-state index is 0. The fourth-order valence-corrected chi connectivity index (χ4v) is 5.76. The van der Waals surface area contributed by atoms with Crippen LogP contribution in [0.25, 0.3) is 0 Å². The quantitative estimate of drug-likeness (QED) is 0.136. The third-order valence-electron chi connectivity index (χ3n) is 7.17. The highest BCUT2D eigenvalue weighted by Crippen LogP contribution is 2.37. The Labute approximate surface area is 278 Å². The number of para-hydroxylation sites is 1. The van der Waals surface area contributed by atoms with Crippen molar-refractivity contribution >= 4 is 38.8 Å². The topological polar surface area (TPSA) is 61.8 Å². The Bertz CT molecular complexity index is 1560. The fraction of sp³-hybridized carbons (Fsp3) is 0.529. The van der Waals surface area contributed by atoms with Crippen LogP contribution >= 0.6 is 0 Å². The summed E-state index contributed by atoms with van der Waals surface area (Å²) in [7, 11) is -9.03. The van der Waals surface area contributed by atoms with Crippen molar-refractivity contribution in [3.8, 4) is 28.7 Å². The summed E-state index contributed by atoms with van der Waals surface area (Å²) in [6.07, 6.45) is 0. The number of benzene rings is 2. The van der Waals surface area contributed by atoms with Gasteiger partial charge in [0, 0.05) is 17.4 Å². The molecule has 0 radical (unpaired) electrons. The molecule has 0 N–H and O–H groups in total. The molecule has 3 rings (SSSR count). The molecule has 46 heavy (non-hydrogen) atoms. The molecule has 0 bridgehead atoms. The van der Waals surface area contributed by atoms with Gasteiger partial charge < -0.3 is 13.5 Å². The van der Waals surface area contributed by atoms with Gasteiger partial charge in [-0.15, -0.1) is 22.9 Å². The molecule has 0 aliphatic carbocycles. The molecule has 2 atom stereocenters. The zero-order valence-electron chi connectivity index (χ0n) is 28.4. The number of hydrogen-bond donors (Lipinski definition) is 0. The Balaban J connectivity index is 0.000000451. The molecule has 2 aromatic carbocycles. The first-order valence-electron chi connectivity index (χ1n) is 14.9. The maximum absolute atomic E-state index is 12.4. The van der Waals surface area contributed by atoms with E-state index in [9.17, 15) is 21.6 Å². The second-order valence-corrected chi connectivity index (χ2v) is 25.3. The van der Waals surface area contributed by atoms with Crippen molar-refractivity contribution in [2.75, 3.05) is 0 Å². The van der Waals surface area contributed by atoms with E-state index in [2.05, 4.69) is 99.6 Å². The van der Waals surface area contributed by atoms with Gasteiger partial charge in [0.15, 0.2) is 0 Å². The third kappa shape index (κ3) is 11.6. The maximum Gasteiger partial charge on any atom is 0.534 e. The molecule has 1 saturated heterocycles. The van der Waals surface area contributed by atoms with E-state index in [-0.39, 0.29) is 37.4 Å². The van der Waals surface area contributed by atoms with Crippen molar-refractivity contribution in [3.05, 3.63) is 59.7 Å². The van der Waals surface area contributed by atoms with Crippen molar-refractivity contribution in [2.24, 2.45) is 0 Å². The van der Waals surface area contributed by atoms with Crippen LogP contribution in [0.1, 0.15) is 71.9 Å². The van der Waals surface area contributed by atoms with Crippen LogP contribution in [0.4, 0.5) is 13.2 Å². The van der Waals surface area contributed by atoms with Crippen LogP contribution in [0.15, 0.2) is 48.5 Å². The van der Waals surface area contributed by atoms with Crippen LogP contribution in [0.3, 0.4) is 0 Å². The van der Waals surface area contributed by atoms with Crippen LogP contribution in [0, 0.1) is 22.9 Å². The van der Waals surface area contributed by atoms with Gasteiger partial charge in [0.25, 0.3) is 0 Å². The summed E-state index contributed by atoms with van der Waals surface area (Å²) in [5.74, 6) is 5.79. The van der Waals surface area contributed by atoms with Crippen LogP contribution < -0.4 is 9.65 Å². The van der Waals surface area contributed by atoms with Gasteiger partial charge in [-0.05, 0) is 58.6 Å². The Morgan fingerprint density at radius 3 is 1.59 bits per heavy atom. The zero-order valence-corrected chi connectivity index (χ0v) is 31.3. The number of halogens is 3. The van der Waals surface area contributed by atoms with Crippen LogP contribution in [-0.4, -0.2) is 48.4 Å². The lowest BCUT2D eigenvalue weighted by atomic mass is 9.73. The molecule has 5 nitrogen and oxygen atoms in total. The molecule has 0 spiro atoms. The van der Waals surface area contributed by atoms with E-state index < -0.39 is 37.7 Å². The Morgan fingerprint density at radius 2 is 1.15 bits per heavy atom. The first kappa shape index (κ1) is 41.5. The Morgan fingerprint density at radius 1 is 0.761 bits per heavy atom. The van der Waals surface area contributed by atoms with Crippen LogP contribution in [-0.2, 0) is 19.4 Å². The molecule has 1 fully saturated rings. The Hall–Kier alpha value is -2.48. The molecular weight excluding hydrogens is 644 g/mol. The summed E-state index contributed by atoms with van der Waals surface area (Å²) in [6, 6.07) is 14.0. The van der Waals surface area contributed by atoms with Crippen molar-refractivity contribution in [1.82, 2.24) is 0 Å². The van der Waals surface area contributed by atoms with Gasteiger partial charge in [0.2, 0.25) is 0 Å². The lowest BCUT2D eigenvalue weighted by molar-refractivity contribution is -0.0500. The largest absolute Gasteiger partial charge is 0.534 e. The fourth-order valence-electron chi connectivity index (χ4n) is 3.97. The highest BCUT2D eigenvalue weighted by Gasteiger charge is 2.52. The average molecular weight is 695 g/mol. The van der Waals surface area contributed by atoms with E-state index in [4.69, 9.17) is 9.31 Å². The molecule has 0 amide bonds. The van der Waals surface area contributed by atoms with E-state index in [1.165, 1.54) is 23.8 Å². The van der Waals surface area contributed by atoms with Gasteiger partial charge >= 0.3 is 22.7 Å². The second kappa shape index (κ2) is 15.2. The summed E-state index contributed by atoms with van der Waals surface area (Å²) in [5, 5.41) is 0. The van der Waals surface area contributed by atoms with Crippen LogP contribution in [0.2, 0.25) is 39.3 Å². The van der Waals surface area contributed by atoms with Crippen molar-refractivity contribution in [1.29, 1.82) is 0 Å². The zero-order chi connectivity index (χ0) is 34.6. The smallest absolute Gasteiger partial charge is 0.399 e. The monoisotopic (exact) mass is 694 g/mol. The summed E-state index contributed by atoms with van der Waals surface area (Å²) in [6.45, 7) is 25.1. The summed E-state index contributed by atoms with van der Waals surface area (Å²) in [5.41, 5.74) is 3.08. The molecule has 1 heterocycles. The van der Waals surface area contributed by atoms with E-state index in [1.807, 2.05) is 25.7 Å². The van der Waals surface area contributed by atoms with Gasteiger partial charge in [-0.2, -0.15) is 21.6 Å². The van der Waals surface area contributed by atoms with Crippen molar-refractivity contribution in [3.63, 3.8) is 0 Å². The Kier molecular flexibility index (Phi) is 13.7. The minimum Gasteiger partial charge on any atom is -0.399 e. The van der Waals surface area contributed by atoms with Gasteiger partial charge in [-0.1, -0.05) is 89.2 Å². The van der Waals surface area contributed by atoms with E-state index >= 15 is 0 Å². The molecule has 2 aromatic rings. The second-order valence-electron chi connectivity index (χ2n) is 14.2. The van der Waals surface area contributed by atoms with E-state index in [0.717, 1.165) is 5.46 Å². The van der Waals surface area contributed by atoms with Crippen molar-refractivity contribution < 1.29 is 35.1 Å². The molecular formula is C34H50BF3O5SSi2. The van der Waals surface area contributed by atoms with E-state index in [0.29, 0.717) is 5.56 Å².